The predicted molar refractivity (Wildman–Crippen MR) is 58.9 cm³/mol. The zero-order chi connectivity index (χ0) is 10.3. The number of rotatable bonds is 1. The molecular formula is C12H14N2O. The maximum Gasteiger partial charge on any atom is 0.199 e. The highest BCUT2D eigenvalue weighted by atomic mass is 16.3. The van der Waals surface area contributed by atoms with Gasteiger partial charge in [0.25, 0.3) is 0 Å². The average molecular weight is 202 g/mol. The van der Waals surface area contributed by atoms with Crippen molar-refractivity contribution in [3.8, 4) is 0 Å². The highest BCUT2D eigenvalue weighted by molar-refractivity contribution is 5.72. The van der Waals surface area contributed by atoms with Gasteiger partial charge in [0, 0.05) is 12.5 Å². The van der Waals surface area contributed by atoms with E-state index in [1.165, 1.54) is 0 Å². The third-order valence-electron chi connectivity index (χ3n) is 3.05. The predicted octanol–water partition coefficient (Wildman–Crippen LogP) is 2.25. The maximum absolute atomic E-state index is 5.76. The van der Waals surface area contributed by atoms with Crippen LogP contribution < -0.4 is 0 Å². The third-order valence-corrected chi connectivity index (χ3v) is 3.05. The van der Waals surface area contributed by atoms with Gasteiger partial charge in [0.2, 0.25) is 0 Å². The largest absolute Gasteiger partial charge is 0.440 e. The number of hydrogen-bond acceptors (Lipinski definition) is 3. The summed E-state index contributed by atoms with van der Waals surface area (Å²) in [5.41, 5.74) is 1.88. The number of fused-ring (bicyclic) bond motifs is 1. The molecule has 0 spiro atoms. The van der Waals surface area contributed by atoms with Gasteiger partial charge < -0.3 is 9.32 Å². The van der Waals surface area contributed by atoms with Crippen molar-refractivity contribution < 1.29 is 4.42 Å². The van der Waals surface area contributed by atoms with Gasteiger partial charge in [-0.3, -0.25) is 0 Å². The SMILES string of the molecule is CN1CC[C@H](c2nc3ccccc3o2)C1. The molecule has 0 amide bonds. The number of likely N-dealkylation sites (N-methyl/N-ethyl adjacent to an activating group) is 1. The smallest absolute Gasteiger partial charge is 0.199 e. The molecule has 0 N–H and O–H groups in total. The van der Waals surface area contributed by atoms with Crippen LogP contribution in [0, 0.1) is 0 Å². The van der Waals surface area contributed by atoms with E-state index >= 15 is 0 Å². The molecular weight excluding hydrogens is 188 g/mol. The van der Waals surface area contributed by atoms with Crippen LogP contribution in [0.4, 0.5) is 0 Å². The average Bonchev–Trinajstić information content (AvgIpc) is 2.82. The van der Waals surface area contributed by atoms with Gasteiger partial charge in [-0.1, -0.05) is 12.1 Å². The molecule has 3 heteroatoms. The van der Waals surface area contributed by atoms with Crippen molar-refractivity contribution in [3.63, 3.8) is 0 Å². The highest BCUT2D eigenvalue weighted by Gasteiger charge is 2.25. The Morgan fingerprint density at radius 1 is 1.40 bits per heavy atom. The molecule has 1 aromatic heterocycles. The number of para-hydroxylation sites is 2. The van der Waals surface area contributed by atoms with E-state index in [0.717, 1.165) is 36.5 Å². The minimum absolute atomic E-state index is 0.474. The van der Waals surface area contributed by atoms with E-state index in [0.29, 0.717) is 5.92 Å². The lowest BCUT2D eigenvalue weighted by Gasteiger charge is -2.05. The number of likely N-dealkylation sites (tertiary alicyclic amines) is 1. The first-order chi connectivity index (χ1) is 7.33. The molecule has 15 heavy (non-hydrogen) atoms. The van der Waals surface area contributed by atoms with Gasteiger partial charge in [-0.15, -0.1) is 0 Å². The fraction of sp³-hybridized carbons (Fsp3) is 0.417. The van der Waals surface area contributed by atoms with Crippen molar-refractivity contribution in [2.75, 3.05) is 20.1 Å². The monoisotopic (exact) mass is 202 g/mol. The molecule has 1 saturated heterocycles. The van der Waals surface area contributed by atoms with Crippen LogP contribution in [0.1, 0.15) is 18.2 Å². The molecule has 78 valence electrons. The van der Waals surface area contributed by atoms with Crippen molar-refractivity contribution in [1.82, 2.24) is 9.88 Å². The number of nitrogens with zero attached hydrogens (tertiary/aromatic N) is 2. The van der Waals surface area contributed by atoms with Gasteiger partial charge in [0.15, 0.2) is 11.5 Å². The van der Waals surface area contributed by atoms with Gasteiger partial charge in [-0.05, 0) is 32.1 Å². The van der Waals surface area contributed by atoms with E-state index in [4.69, 9.17) is 4.42 Å². The minimum atomic E-state index is 0.474. The lowest BCUT2D eigenvalue weighted by Crippen LogP contribution is -2.13. The Kier molecular flexibility index (Phi) is 1.99. The van der Waals surface area contributed by atoms with Crippen LogP contribution in [0.2, 0.25) is 0 Å². The summed E-state index contributed by atoms with van der Waals surface area (Å²) < 4.78 is 5.76. The quantitative estimate of drug-likeness (QED) is 0.710. The standard InChI is InChI=1S/C12H14N2O/c1-14-7-6-9(8-14)12-13-10-4-2-3-5-11(10)15-12/h2-5,9H,6-8H2,1H3/t9-/m0/s1. The van der Waals surface area contributed by atoms with Gasteiger partial charge in [0.05, 0.1) is 0 Å². The van der Waals surface area contributed by atoms with Crippen LogP contribution in [-0.2, 0) is 0 Å². The lowest BCUT2D eigenvalue weighted by molar-refractivity contribution is 0.396. The second-order valence-electron chi connectivity index (χ2n) is 4.27. The van der Waals surface area contributed by atoms with E-state index in [1.54, 1.807) is 0 Å². The van der Waals surface area contributed by atoms with E-state index in [-0.39, 0.29) is 0 Å². The summed E-state index contributed by atoms with van der Waals surface area (Å²) in [5, 5.41) is 0. The summed E-state index contributed by atoms with van der Waals surface area (Å²) in [7, 11) is 2.14. The third kappa shape index (κ3) is 1.53. The summed E-state index contributed by atoms with van der Waals surface area (Å²) >= 11 is 0. The molecule has 2 aromatic rings. The second-order valence-corrected chi connectivity index (χ2v) is 4.27. The lowest BCUT2D eigenvalue weighted by atomic mass is 10.1. The first-order valence-corrected chi connectivity index (χ1v) is 5.37. The topological polar surface area (TPSA) is 29.3 Å². The van der Waals surface area contributed by atoms with Crippen molar-refractivity contribution in [1.29, 1.82) is 0 Å². The Hall–Kier alpha value is -1.35. The van der Waals surface area contributed by atoms with Crippen molar-refractivity contribution in [2.24, 2.45) is 0 Å². The van der Waals surface area contributed by atoms with E-state index in [9.17, 15) is 0 Å². The number of oxazole rings is 1. The van der Waals surface area contributed by atoms with Crippen molar-refractivity contribution in [2.45, 2.75) is 12.3 Å². The molecule has 0 aliphatic carbocycles. The van der Waals surface area contributed by atoms with E-state index < -0.39 is 0 Å². The molecule has 1 atom stereocenters. The minimum Gasteiger partial charge on any atom is -0.440 e. The first-order valence-electron chi connectivity index (χ1n) is 5.37. The van der Waals surface area contributed by atoms with E-state index in [1.807, 2.05) is 24.3 Å². The Balaban J connectivity index is 1.98. The van der Waals surface area contributed by atoms with Crippen molar-refractivity contribution >= 4 is 11.1 Å². The molecule has 0 bridgehead atoms. The van der Waals surface area contributed by atoms with Crippen LogP contribution in [0.25, 0.3) is 11.1 Å². The first kappa shape index (κ1) is 8.92. The molecule has 1 aliphatic heterocycles. The fourth-order valence-electron chi connectivity index (χ4n) is 2.20. The normalized spacial score (nSPS) is 22.6. The zero-order valence-electron chi connectivity index (χ0n) is 8.81. The molecule has 1 aromatic carbocycles. The highest BCUT2D eigenvalue weighted by Crippen LogP contribution is 2.28. The zero-order valence-corrected chi connectivity index (χ0v) is 8.81. The molecule has 0 saturated carbocycles. The molecule has 3 rings (SSSR count). The molecule has 3 nitrogen and oxygen atoms in total. The van der Waals surface area contributed by atoms with Gasteiger partial charge in [-0.25, -0.2) is 4.98 Å². The molecule has 2 heterocycles. The van der Waals surface area contributed by atoms with Gasteiger partial charge in [-0.2, -0.15) is 0 Å². The summed E-state index contributed by atoms with van der Waals surface area (Å²) in [6.07, 6.45) is 1.16. The Morgan fingerprint density at radius 3 is 3.00 bits per heavy atom. The number of benzene rings is 1. The molecule has 1 aliphatic rings. The summed E-state index contributed by atoms with van der Waals surface area (Å²) in [5.74, 6) is 1.38. The van der Waals surface area contributed by atoms with Gasteiger partial charge >= 0.3 is 0 Å². The summed E-state index contributed by atoms with van der Waals surface area (Å²) in [6.45, 7) is 2.20. The maximum atomic E-state index is 5.76. The Morgan fingerprint density at radius 2 is 2.27 bits per heavy atom. The van der Waals surface area contributed by atoms with Crippen molar-refractivity contribution in [3.05, 3.63) is 30.2 Å². The van der Waals surface area contributed by atoms with Crippen LogP contribution in [0.15, 0.2) is 28.7 Å². The molecule has 0 radical (unpaired) electrons. The number of aromatic nitrogens is 1. The fourth-order valence-corrected chi connectivity index (χ4v) is 2.20. The van der Waals surface area contributed by atoms with E-state index in [2.05, 4.69) is 16.9 Å². The molecule has 0 unspecified atom stereocenters. The summed E-state index contributed by atoms with van der Waals surface area (Å²) in [6, 6.07) is 7.96. The second kappa shape index (κ2) is 3.35. The Labute approximate surface area is 88.7 Å². The van der Waals surface area contributed by atoms with Crippen LogP contribution in [0.3, 0.4) is 0 Å². The van der Waals surface area contributed by atoms with Crippen LogP contribution >= 0.6 is 0 Å². The summed E-state index contributed by atoms with van der Waals surface area (Å²) in [4.78, 5) is 6.85. The van der Waals surface area contributed by atoms with Gasteiger partial charge in [0.1, 0.15) is 5.52 Å². The van der Waals surface area contributed by atoms with Crippen LogP contribution in [-0.4, -0.2) is 30.0 Å². The molecule has 1 fully saturated rings. The number of hydrogen-bond donors (Lipinski definition) is 0. The Bertz CT molecular complexity index is 444. The van der Waals surface area contributed by atoms with Crippen LogP contribution in [0.5, 0.6) is 0 Å².